The number of phenolic OH excluding ortho intramolecular Hbond substituents is 1. The third-order valence-corrected chi connectivity index (χ3v) is 5.55. The number of aromatic hydroxyl groups is 1. The molecule has 1 saturated heterocycles. The second kappa shape index (κ2) is 6.52. The van der Waals surface area contributed by atoms with Gasteiger partial charge in [-0.05, 0) is 53.6 Å². The maximum Gasteiger partial charge on any atom is 0.254 e. The minimum Gasteiger partial charge on any atom is -0.507 e. The summed E-state index contributed by atoms with van der Waals surface area (Å²) in [7, 11) is 0. The zero-order valence-corrected chi connectivity index (χ0v) is 14.3. The predicted octanol–water partition coefficient (Wildman–Crippen LogP) is 2.70. The topological polar surface area (TPSA) is 43.8 Å². The third kappa shape index (κ3) is 3.34. The fourth-order valence-electron chi connectivity index (χ4n) is 3.39. The van der Waals surface area contributed by atoms with Crippen molar-refractivity contribution in [2.75, 3.05) is 26.2 Å². The van der Waals surface area contributed by atoms with Gasteiger partial charge >= 0.3 is 0 Å². The van der Waals surface area contributed by atoms with Gasteiger partial charge in [-0.2, -0.15) is 0 Å². The average Bonchev–Trinajstić information content (AvgIpc) is 3.04. The van der Waals surface area contributed by atoms with E-state index in [-0.39, 0.29) is 11.7 Å². The number of phenols is 1. The van der Waals surface area contributed by atoms with E-state index in [4.69, 9.17) is 0 Å². The van der Waals surface area contributed by atoms with Crippen molar-refractivity contribution >= 4 is 28.5 Å². The molecule has 0 atom stereocenters. The molecule has 4 nitrogen and oxygen atoms in total. The van der Waals surface area contributed by atoms with Gasteiger partial charge < -0.3 is 10.0 Å². The van der Waals surface area contributed by atoms with E-state index >= 15 is 0 Å². The number of carbonyl (C=O) groups is 1. The minimum absolute atomic E-state index is 0.0350. The van der Waals surface area contributed by atoms with E-state index in [1.807, 2.05) is 4.90 Å². The van der Waals surface area contributed by atoms with Crippen LogP contribution in [0.5, 0.6) is 5.75 Å². The van der Waals surface area contributed by atoms with Crippen LogP contribution in [-0.4, -0.2) is 53.0 Å². The first-order valence-corrected chi connectivity index (χ1v) is 8.75. The standard InChI is InChI=1S/C16H21IN2O2/c17-14-6-5-12(11-15(14)20)16(21)19-9-7-18(8-10-19)13-3-1-2-4-13/h5-6,11,13,20H,1-4,7-10H2. The Kier molecular flexibility index (Phi) is 4.69. The first kappa shape index (κ1) is 15.1. The molecule has 2 aliphatic rings. The van der Waals surface area contributed by atoms with Gasteiger partial charge in [0.25, 0.3) is 5.91 Å². The van der Waals surface area contributed by atoms with Crippen LogP contribution >= 0.6 is 22.6 Å². The number of benzene rings is 1. The van der Waals surface area contributed by atoms with Crippen molar-refractivity contribution in [2.24, 2.45) is 0 Å². The molecule has 0 bridgehead atoms. The van der Waals surface area contributed by atoms with E-state index < -0.39 is 0 Å². The number of carbonyl (C=O) groups excluding carboxylic acids is 1. The van der Waals surface area contributed by atoms with Crippen LogP contribution in [-0.2, 0) is 0 Å². The van der Waals surface area contributed by atoms with Crippen LogP contribution in [0.25, 0.3) is 0 Å². The lowest BCUT2D eigenvalue weighted by Gasteiger charge is -2.38. The Hall–Kier alpha value is -0.820. The Morgan fingerprint density at radius 1 is 1.14 bits per heavy atom. The van der Waals surface area contributed by atoms with Gasteiger partial charge in [-0.15, -0.1) is 0 Å². The summed E-state index contributed by atoms with van der Waals surface area (Å²) >= 11 is 2.06. The summed E-state index contributed by atoms with van der Waals surface area (Å²) in [5, 5.41) is 9.75. The van der Waals surface area contributed by atoms with E-state index in [1.165, 1.54) is 25.7 Å². The summed E-state index contributed by atoms with van der Waals surface area (Å²) in [6, 6.07) is 5.91. The van der Waals surface area contributed by atoms with E-state index in [9.17, 15) is 9.90 Å². The lowest BCUT2D eigenvalue weighted by Crippen LogP contribution is -2.51. The Labute approximate surface area is 139 Å². The Balaban J connectivity index is 1.60. The molecular formula is C16H21IN2O2. The molecule has 1 aliphatic carbocycles. The van der Waals surface area contributed by atoms with Crippen LogP contribution in [0.4, 0.5) is 0 Å². The zero-order valence-electron chi connectivity index (χ0n) is 12.1. The molecule has 1 heterocycles. The minimum atomic E-state index is 0.0350. The van der Waals surface area contributed by atoms with Crippen LogP contribution in [0, 0.1) is 3.57 Å². The summed E-state index contributed by atoms with van der Waals surface area (Å²) in [4.78, 5) is 16.9. The molecule has 1 N–H and O–H groups in total. The summed E-state index contributed by atoms with van der Waals surface area (Å²) in [5.74, 6) is 0.221. The van der Waals surface area contributed by atoms with E-state index in [0.29, 0.717) is 5.56 Å². The molecule has 114 valence electrons. The summed E-state index contributed by atoms with van der Waals surface area (Å²) < 4.78 is 0.773. The van der Waals surface area contributed by atoms with Crippen LogP contribution in [0.3, 0.4) is 0 Å². The van der Waals surface area contributed by atoms with Gasteiger partial charge in [0.05, 0.1) is 3.57 Å². The quantitative estimate of drug-likeness (QED) is 0.777. The van der Waals surface area contributed by atoms with Gasteiger partial charge in [0, 0.05) is 37.8 Å². The normalized spacial score (nSPS) is 20.9. The molecular weight excluding hydrogens is 379 g/mol. The van der Waals surface area contributed by atoms with E-state index in [1.54, 1.807) is 18.2 Å². The van der Waals surface area contributed by atoms with E-state index in [2.05, 4.69) is 27.5 Å². The van der Waals surface area contributed by atoms with Crippen LogP contribution < -0.4 is 0 Å². The van der Waals surface area contributed by atoms with Gasteiger partial charge in [-0.1, -0.05) is 12.8 Å². The lowest BCUT2D eigenvalue weighted by molar-refractivity contribution is 0.0573. The molecule has 1 aromatic carbocycles. The first-order chi connectivity index (χ1) is 10.1. The average molecular weight is 400 g/mol. The highest BCUT2D eigenvalue weighted by Crippen LogP contribution is 2.25. The molecule has 1 amide bonds. The van der Waals surface area contributed by atoms with Crippen molar-refractivity contribution < 1.29 is 9.90 Å². The van der Waals surface area contributed by atoms with Crippen LogP contribution in [0.2, 0.25) is 0 Å². The maximum absolute atomic E-state index is 12.5. The molecule has 0 spiro atoms. The number of piperazine rings is 1. The second-order valence-electron chi connectivity index (χ2n) is 5.93. The summed E-state index contributed by atoms with van der Waals surface area (Å²) in [6.45, 7) is 3.55. The number of hydrogen-bond donors (Lipinski definition) is 1. The van der Waals surface area contributed by atoms with Gasteiger partial charge in [-0.25, -0.2) is 0 Å². The van der Waals surface area contributed by atoms with Crippen molar-refractivity contribution in [2.45, 2.75) is 31.7 Å². The van der Waals surface area contributed by atoms with E-state index in [0.717, 1.165) is 35.8 Å². The van der Waals surface area contributed by atoms with Gasteiger partial charge in [-0.3, -0.25) is 9.69 Å². The lowest BCUT2D eigenvalue weighted by atomic mass is 10.1. The largest absolute Gasteiger partial charge is 0.507 e. The highest BCUT2D eigenvalue weighted by molar-refractivity contribution is 14.1. The van der Waals surface area contributed by atoms with Crippen molar-refractivity contribution in [3.05, 3.63) is 27.3 Å². The zero-order chi connectivity index (χ0) is 14.8. The third-order valence-electron chi connectivity index (χ3n) is 4.64. The van der Waals surface area contributed by atoms with Crippen LogP contribution in [0.15, 0.2) is 18.2 Å². The summed E-state index contributed by atoms with van der Waals surface area (Å²) in [5.41, 5.74) is 0.585. The van der Waals surface area contributed by atoms with Gasteiger partial charge in [0.15, 0.2) is 0 Å². The Morgan fingerprint density at radius 3 is 2.43 bits per heavy atom. The van der Waals surface area contributed by atoms with Crippen molar-refractivity contribution in [1.82, 2.24) is 9.80 Å². The monoisotopic (exact) mass is 400 g/mol. The number of halogens is 1. The number of nitrogens with zero attached hydrogens (tertiary/aromatic N) is 2. The van der Waals surface area contributed by atoms with Crippen LogP contribution in [0.1, 0.15) is 36.0 Å². The second-order valence-corrected chi connectivity index (χ2v) is 7.09. The smallest absolute Gasteiger partial charge is 0.254 e. The molecule has 21 heavy (non-hydrogen) atoms. The molecule has 3 rings (SSSR count). The van der Waals surface area contributed by atoms with Crippen molar-refractivity contribution in [3.63, 3.8) is 0 Å². The number of hydrogen-bond acceptors (Lipinski definition) is 3. The molecule has 0 radical (unpaired) electrons. The van der Waals surface area contributed by atoms with Gasteiger partial charge in [0.2, 0.25) is 0 Å². The predicted molar refractivity (Wildman–Crippen MR) is 90.6 cm³/mol. The fourth-order valence-corrected chi connectivity index (χ4v) is 3.72. The molecule has 0 unspecified atom stereocenters. The number of rotatable bonds is 2. The Bertz CT molecular complexity index is 521. The fraction of sp³-hybridized carbons (Fsp3) is 0.562. The SMILES string of the molecule is O=C(c1ccc(I)c(O)c1)N1CCN(C2CCCC2)CC1. The first-order valence-electron chi connectivity index (χ1n) is 7.67. The highest BCUT2D eigenvalue weighted by atomic mass is 127. The summed E-state index contributed by atoms with van der Waals surface area (Å²) in [6.07, 6.45) is 5.34. The molecule has 1 aliphatic heterocycles. The maximum atomic E-state index is 12.5. The van der Waals surface area contributed by atoms with Crippen molar-refractivity contribution in [1.29, 1.82) is 0 Å². The molecule has 0 aromatic heterocycles. The van der Waals surface area contributed by atoms with Crippen molar-refractivity contribution in [3.8, 4) is 5.75 Å². The van der Waals surface area contributed by atoms with Gasteiger partial charge in [0.1, 0.15) is 5.75 Å². The molecule has 1 aromatic rings. The number of amides is 1. The molecule has 2 fully saturated rings. The highest BCUT2D eigenvalue weighted by Gasteiger charge is 2.28. The Morgan fingerprint density at radius 2 is 1.81 bits per heavy atom. The molecule has 1 saturated carbocycles. The molecule has 5 heteroatoms.